The molecule has 21 heavy (non-hydrogen) atoms. The minimum atomic E-state index is -0.153. The number of aryl methyl sites for hydroxylation is 1. The highest BCUT2D eigenvalue weighted by atomic mass is 79.9. The summed E-state index contributed by atoms with van der Waals surface area (Å²) >= 11 is 3.55. The molecule has 2 aromatic carbocycles. The van der Waals surface area contributed by atoms with Crippen molar-refractivity contribution in [3.8, 4) is 0 Å². The van der Waals surface area contributed by atoms with Gasteiger partial charge in [-0.25, -0.2) is 0 Å². The Morgan fingerprint density at radius 3 is 2.38 bits per heavy atom. The lowest BCUT2D eigenvalue weighted by molar-refractivity contribution is 0.0862. The fourth-order valence-electron chi connectivity index (χ4n) is 2.19. The van der Waals surface area contributed by atoms with Gasteiger partial charge in [-0.05, 0) is 32.5 Å². The molecule has 2 aromatic rings. The third-order valence-corrected chi connectivity index (χ3v) is 4.53. The van der Waals surface area contributed by atoms with E-state index in [9.17, 15) is 4.79 Å². The molecule has 0 bridgehead atoms. The van der Waals surface area contributed by atoms with Crippen molar-refractivity contribution in [3.05, 3.63) is 69.7 Å². The summed E-state index contributed by atoms with van der Waals surface area (Å²) in [7, 11) is 1.98. The molecule has 2 nitrogen and oxygen atoms in total. The van der Waals surface area contributed by atoms with Crippen LogP contribution in [0, 0.1) is 6.92 Å². The molecule has 0 aromatic heterocycles. The number of benzene rings is 2. The first-order valence-corrected chi connectivity index (χ1v) is 7.83. The van der Waals surface area contributed by atoms with Crippen molar-refractivity contribution in [2.24, 2.45) is 0 Å². The summed E-state index contributed by atoms with van der Waals surface area (Å²) in [6.07, 6.45) is 0. The van der Waals surface area contributed by atoms with Crippen molar-refractivity contribution in [3.63, 3.8) is 0 Å². The standard InChI is InChI=1S/C18H20BrNO/c1-13-8-10-15(11-9-13)18(21)14(2)20(3)12-16-6-4-5-7-17(16)19/h4-11,14H,12H2,1-3H3. The van der Waals surface area contributed by atoms with Crippen molar-refractivity contribution in [2.45, 2.75) is 26.4 Å². The first kappa shape index (κ1) is 15.9. The van der Waals surface area contributed by atoms with Crippen LogP contribution in [0.25, 0.3) is 0 Å². The van der Waals surface area contributed by atoms with E-state index in [0.717, 1.165) is 16.6 Å². The van der Waals surface area contributed by atoms with Crippen LogP contribution in [0.3, 0.4) is 0 Å². The minimum Gasteiger partial charge on any atom is -0.292 e. The lowest BCUT2D eigenvalue weighted by Gasteiger charge is -2.24. The summed E-state index contributed by atoms with van der Waals surface area (Å²) in [4.78, 5) is 14.6. The fourth-order valence-corrected chi connectivity index (χ4v) is 2.60. The van der Waals surface area contributed by atoms with Crippen LogP contribution in [0.4, 0.5) is 0 Å². The van der Waals surface area contributed by atoms with E-state index in [1.807, 2.05) is 63.4 Å². The molecule has 0 N–H and O–H groups in total. The second-order valence-electron chi connectivity index (χ2n) is 5.41. The fraction of sp³-hybridized carbons (Fsp3) is 0.278. The molecule has 1 unspecified atom stereocenters. The first-order chi connectivity index (χ1) is 9.99. The van der Waals surface area contributed by atoms with E-state index < -0.39 is 0 Å². The van der Waals surface area contributed by atoms with Crippen LogP contribution in [0.2, 0.25) is 0 Å². The van der Waals surface area contributed by atoms with Gasteiger partial charge in [0.15, 0.2) is 5.78 Å². The SMILES string of the molecule is Cc1ccc(C(=O)C(C)N(C)Cc2ccccc2Br)cc1. The largest absolute Gasteiger partial charge is 0.292 e. The minimum absolute atomic E-state index is 0.153. The van der Waals surface area contributed by atoms with Gasteiger partial charge in [0, 0.05) is 16.6 Å². The van der Waals surface area contributed by atoms with Gasteiger partial charge in [-0.3, -0.25) is 9.69 Å². The number of ketones is 1. The van der Waals surface area contributed by atoms with E-state index in [1.54, 1.807) is 0 Å². The molecule has 0 amide bonds. The molecule has 0 aliphatic heterocycles. The Morgan fingerprint density at radius 2 is 1.76 bits per heavy atom. The van der Waals surface area contributed by atoms with E-state index in [4.69, 9.17) is 0 Å². The van der Waals surface area contributed by atoms with Crippen LogP contribution in [-0.2, 0) is 6.54 Å². The maximum atomic E-state index is 12.5. The topological polar surface area (TPSA) is 20.3 Å². The number of rotatable bonds is 5. The number of hydrogen-bond acceptors (Lipinski definition) is 2. The predicted octanol–water partition coefficient (Wildman–Crippen LogP) is 4.46. The number of carbonyl (C=O) groups excluding carboxylic acids is 1. The van der Waals surface area contributed by atoms with Crippen LogP contribution in [-0.4, -0.2) is 23.8 Å². The Hall–Kier alpha value is -1.45. The number of hydrogen-bond donors (Lipinski definition) is 0. The van der Waals surface area contributed by atoms with Gasteiger partial charge < -0.3 is 0 Å². The summed E-state index contributed by atoms with van der Waals surface area (Å²) in [6, 6.07) is 15.7. The molecule has 0 aliphatic rings. The monoisotopic (exact) mass is 345 g/mol. The van der Waals surface area contributed by atoms with Crippen molar-refractivity contribution in [1.82, 2.24) is 4.90 Å². The van der Waals surface area contributed by atoms with E-state index >= 15 is 0 Å². The van der Waals surface area contributed by atoms with Crippen LogP contribution in [0.1, 0.15) is 28.4 Å². The molecular weight excluding hydrogens is 326 g/mol. The molecule has 0 aliphatic carbocycles. The summed E-state index contributed by atoms with van der Waals surface area (Å²) in [5.41, 5.74) is 3.12. The molecule has 0 spiro atoms. The van der Waals surface area contributed by atoms with Crippen molar-refractivity contribution in [1.29, 1.82) is 0 Å². The van der Waals surface area contributed by atoms with Crippen LogP contribution >= 0.6 is 15.9 Å². The summed E-state index contributed by atoms with van der Waals surface area (Å²) in [6.45, 7) is 4.72. The van der Waals surface area contributed by atoms with Gasteiger partial charge in [-0.2, -0.15) is 0 Å². The third-order valence-electron chi connectivity index (χ3n) is 3.75. The number of likely N-dealkylation sites (N-methyl/N-ethyl adjacent to an activating group) is 1. The van der Waals surface area contributed by atoms with E-state index in [2.05, 4.69) is 26.9 Å². The quantitative estimate of drug-likeness (QED) is 0.745. The Labute approximate surface area is 134 Å². The highest BCUT2D eigenvalue weighted by Gasteiger charge is 2.20. The van der Waals surface area contributed by atoms with E-state index in [0.29, 0.717) is 0 Å². The molecule has 0 fully saturated rings. The second-order valence-corrected chi connectivity index (χ2v) is 6.27. The molecule has 3 heteroatoms. The second kappa shape index (κ2) is 7.01. The number of nitrogens with zero attached hydrogens (tertiary/aromatic N) is 1. The van der Waals surface area contributed by atoms with Gasteiger partial charge in [0.1, 0.15) is 0 Å². The Kier molecular flexibility index (Phi) is 5.32. The number of carbonyl (C=O) groups is 1. The van der Waals surface area contributed by atoms with Crippen molar-refractivity contribution < 1.29 is 4.79 Å². The third kappa shape index (κ3) is 4.02. The van der Waals surface area contributed by atoms with E-state index in [1.165, 1.54) is 11.1 Å². The molecule has 2 rings (SSSR count). The van der Waals surface area contributed by atoms with E-state index in [-0.39, 0.29) is 11.8 Å². The van der Waals surface area contributed by atoms with Gasteiger partial charge in [-0.15, -0.1) is 0 Å². The first-order valence-electron chi connectivity index (χ1n) is 7.03. The summed E-state index contributed by atoms with van der Waals surface area (Å²) in [5, 5.41) is 0. The number of Topliss-reactive ketones (excluding diaryl/α,β-unsaturated/α-hetero) is 1. The zero-order chi connectivity index (χ0) is 15.4. The maximum absolute atomic E-state index is 12.5. The van der Waals surface area contributed by atoms with Crippen LogP contribution < -0.4 is 0 Å². The van der Waals surface area contributed by atoms with Crippen LogP contribution in [0.5, 0.6) is 0 Å². The highest BCUT2D eigenvalue weighted by Crippen LogP contribution is 2.19. The molecular formula is C18H20BrNO. The van der Waals surface area contributed by atoms with Crippen LogP contribution in [0.15, 0.2) is 53.0 Å². The smallest absolute Gasteiger partial charge is 0.179 e. The normalized spacial score (nSPS) is 12.4. The highest BCUT2D eigenvalue weighted by molar-refractivity contribution is 9.10. The molecule has 0 heterocycles. The average Bonchev–Trinajstić information content (AvgIpc) is 2.49. The molecule has 1 atom stereocenters. The Balaban J connectivity index is 2.08. The number of halogens is 1. The Bertz CT molecular complexity index is 621. The molecule has 110 valence electrons. The lowest BCUT2D eigenvalue weighted by Crippen LogP contribution is -2.35. The maximum Gasteiger partial charge on any atom is 0.179 e. The lowest BCUT2D eigenvalue weighted by atomic mass is 10.0. The average molecular weight is 346 g/mol. The molecule has 0 saturated heterocycles. The van der Waals surface area contributed by atoms with Crippen molar-refractivity contribution in [2.75, 3.05) is 7.05 Å². The van der Waals surface area contributed by atoms with Gasteiger partial charge >= 0.3 is 0 Å². The molecule has 0 saturated carbocycles. The van der Waals surface area contributed by atoms with Gasteiger partial charge in [-0.1, -0.05) is 64.0 Å². The zero-order valence-electron chi connectivity index (χ0n) is 12.6. The predicted molar refractivity (Wildman–Crippen MR) is 90.6 cm³/mol. The molecule has 0 radical (unpaired) electrons. The van der Waals surface area contributed by atoms with Gasteiger partial charge in [0.25, 0.3) is 0 Å². The van der Waals surface area contributed by atoms with Gasteiger partial charge in [0.2, 0.25) is 0 Å². The summed E-state index contributed by atoms with van der Waals surface area (Å²) in [5.74, 6) is 0.157. The van der Waals surface area contributed by atoms with Crippen molar-refractivity contribution >= 4 is 21.7 Å². The van der Waals surface area contributed by atoms with Gasteiger partial charge in [0.05, 0.1) is 6.04 Å². The zero-order valence-corrected chi connectivity index (χ0v) is 14.2. The summed E-state index contributed by atoms with van der Waals surface area (Å²) < 4.78 is 1.08. The Morgan fingerprint density at radius 1 is 1.14 bits per heavy atom.